The third kappa shape index (κ3) is 2.23. The van der Waals surface area contributed by atoms with E-state index in [2.05, 4.69) is 0 Å². The summed E-state index contributed by atoms with van der Waals surface area (Å²) in [7, 11) is 0. The molecule has 0 atom stereocenters. The van der Waals surface area contributed by atoms with Gasteiger partial charge in [0.1, 0.15) is 5.82 Å². The van der Waals surface area contributed by atoms with Crippen molar-refractivity contribution in [3.63, 3.8) is 0 Å². The predicted octanol–water partition coefficient (Wildman–Crippen LogP) is 2.23. The molecule has 0 heterocycles. The van der Waals surface area contributed by atoms with Gasteiger partial charge in [0.15, 0.2) is 5.78 Å². The second-order valence-electron chi connectivity index (χ2n) is 3.97. The zero-order valence-corrected chi connectivity index (χ0v) is 8.50. The first kappa shape index (κ1) is 10.3. The molecule has 0 aromatic heterocycles. The first-order valence-corrected chi connectivity index (χ1v) is 5.25. The van der Waals surface area contributed by atoms with Crippen molar-refractivity contribution >= 4 is 5.78 Å². The van der Waals surface area contributed by atoms with Crippen LogP contribution in [0.4, 0.5) is 4.39 Å². The lowest BCUT2D eigenvalue weighted by molar-refractivity contribution is 0.0985. The normalized spacial score (nSPS) is 15.3. The molecule has 1 aromatic rings. The van der Waals surface area contributed by atoms with E-state index in [0.717, 1.165) is 18.4 Å². The van der Waals surface area contributed by atoms with Crippen molar-refractivity contribution in [1.29, 1.82) is 0 Å². The molecule has 0 amide bonds. The molecule has 2 N–H and O–H groups in total. The Balaban J connectivity index is 2.20. The van der Waals surface area contributed by atoms with E-state index in [0.29, 0.717) is 18.0 Å². The Morgan fingerprint density at radius 2 is 2.20 bits per heavy atom. The number of carbonyl (C=O) groups excluding carboxylic acids is 1. The van der Waals surface area contributed by atoms with E-state index < -0.39 is 0 Å². The van der Waals surface area contributed by atoms with Gasteiger partial charge in [0.05, 0.1) is 0 Å². The molecule has 1 saturated carbocycles. The number of benzene rings is 1. The standard InChI is InChI=1S/C12H14FNO/c13-11-7-9(12(15)5-6-14)3-4-10(11)8-1-2-8/h3-4,7-8H,1-2,5-6,14H2. The van der Waals surface area contributed by atoms with Crippen molar-refractivity contribution in [1.82, 2.24) is 0 Å². The Bertz CT molecular complexity index is 385. The van der Waals surface area contributed by atoms with E-state index in [-0.39, 0.29) is 18.0 Å². The van der Waals surface area contributed by atoms with Gasteiger partial charge >= 0.3 is 0 Å². The van der Waals surface area contributed by atoms with Gasteiger partial charge in [-0.2, -0.15) is 0 Å². The van der Waals surface area contributed by atoms with E-state index in [1.54, 1.807) is 12.1 Å². The van der Waals surface area contributed by atoms with Crippen LogP contribution in [0.2, 0.25) is 0 Å². The highest BCUT2D eigenvalue weighted by Crippen LogP contribution is 2.41. The van der Waals surface area contributed by atoms with E-state index in [9.17, 15) is 9.18 Å². The van der Waals surface area contributed by atoms with Crippen LogP contribution in [-0.2, 0) is 0 Å². The number of ketones is 1. The quantitative estimate of drug-likeness (QED) is 0.769. The largest absolute Gasteiger partial charge is 0.330 e. The molecule has 0 saturated heterocycles. The molecule has 80 valence electrons. The third-order valence-electron chi connectivity index (χ3n) is 2.71. The van der Waals surface area contributed by atoms with Crippen LogP contribution in [0.5, 0.6) is 0 Å². The molecule has 1 aromatic carbocycles. The van der Waals surface area contributed by atoms with E-state index in [4.69, 9.17) is 5.73 Å². The van der Waals surface area contributed by atoms with Gasteiger partial charge in [-0.15, -0.1) is 0 Å². The number of nitrogens with two attached hydrogens (primary N) is 1. The smallest absolute Gasteiger partial charge is 0.164 e. The SMILES string of the molecule is NCCC(=O)c1ccc(C2CC2)c(F)c1. The van der Waals surface area contributed by atoms with Crippen molar-refractivity contribution in [2.75, 3.05) is 6.54 Å². The minimum atomic E-state index is -0.250. The monoisotopic (exact) mass is 207 g/mol. The number of carbonyl (C=O) groups is 1. The fourth-order valence-electron chi connectivity index (χ4n) is 1.70. The van der Waals surface area contributed by atoms with E-state index in [1.165, 1.54) is 6.07 Å². The molecule has 2 rings (SSSR count). The average Bonchev–Trinajstić information content (AvgIpc) is 3.01. The van der Waals surface area contributed by atoms with Gasteiger partial charge in [-0.3, -0.25) is 4.79 Å². The summed E-state index contributed by atoms with van der Waals surface area (Å²) >= 11 is 0. The zero-order valence-electron chi connectivity index (χ0n) is 8.50. The predicted molar refractivity (Wildman–Crippen MR) is 56.4 cm³/mol. The maximum absolute atomic E-state index is 13.6. The molecule has 1 aliphatic rings. The van der Waals surface area contributed by atoms with Crippen molar-refractivity contribution in [2.24, 2.45) is 5.73 Å². The van der Waals surface area contributed by atoms with Crippen molar-refractivity contribution in [2.45, 2.75) is 25.2 Å². The lowest BCUT2D eigenvalue weighted by atomic mass is 10.0. The first-order chi connectivity index (χ1) is 7.22. The number of hydrogen-bond donors (Lipinski definition) is 1. The summed E-state index contributed by atoms with van der Waals surface area (Å²) in [6, 6.07) is 4.77. The maximum Gasteiger partial charge on any atom is 0.164 e. The highest BCUT2D eigenvalue weighted by molar-refractivity contribution is 5.96. The Morgan fingerprint density at radius 3 is 2.73 bits per heavy atom. The van der Waals surface area contributed by atoms with Gasteiger partial charge in [0.25, 0.3) is 0 Å². The number of hydrogen-bond acceptors (Lipinski definition) is 2. The van der Waals surface area contributed by atoms with Crippen LogP contribution < -0.4 is 5.73 Å². The molecule has 0 radical (unpaired) electrons. The fourth-order valence-corrected chi connectivity index (χ4v) is 1.70. The minimum absolute atomic E-state index is 0.0845. The fraction of sp³-hybridized carbons (Fsp3) is 0.417. The Labute approximate surface area is 88.3 Å². The van der Waals surface area contributed by atoms with Gasteiger partial charge in [-0.25, -0.2) is 4.39 Å². The van der Waals surface area contributed by atoms with Gasteiger partial charge in [0.2, 0.25) is 0 Å². The number of Topliss-reactive ketones (excluding diaryl/α,β-unsaturated/α-hetero) is 1. The number of halogens is 1. The summed E-state index contributed by atoms with van der Waals surface area (Å²) in [5, 5.41) is 0. The summed E-state index contributed by atoms with van der Waals surface area (Å²) < 4.78 is 13.6. The summed E-state index contributed by atoms with van der Waals surface area (Å²) in [5.74, 6) is 0.0442. The summed E-state index contributed by atoms with van der Waals surface area (Å²) in [5.41, 5.74) is 6.46. The summed E-state index contributed by atoms with van der Waals surface area (Å²) in [6.45, 7) is 0.310. The van der Waals surface area contributed by atoms with Crippen LogP contribution in [-0.4, -0.2) is 12.3 Å². The molecule has 3 heteroatoms. The summed E-state index contributed by atoms with van der Waals surface area (Å²) in [4.78, 5) is 11.4. The topological polar surface area (TPSA) is 43.1 Å². The molecule has 15 heavy (non-hydrogen) atoms. The molecule has 1 fully saturated rings. The van der Waals surface area contributed by atoms with Crippen LogP contribution in [0.25, 0.3) is 0 Å². The highest BCUT2D eigenvalue weighted by Gasteiger charge is 2.26. The Hall–Kier alpha value is -1.22. The van der Waals surface area contributed by atoms with Gasteiger partial charge in [-0.05, 0) is 36.9 Å². The Kier molecular flexibility index (Phi) is 2.82. The maximum atomic E-state index is 13.6. The first-order valence-electron chi connectivity index (χ1n) is 5.25. The molecule has 0 spiro atoms. The molecular formula is C12H14FNO. The van der Waals surface area contributed by atoms with Gasteiger partial charge in [0, 0.05) is 12.0 Å². The van der Waals surface area contributed by atoms with E-state index in [1.807, 2.05) is 0 Å². The molecule has 0 aliphatic heterocycles. The lowest BCUT2D eigenvalue weighted by Gasteiger charge is -2.03. The van der Waals surface area contributed by atoms with Crippen molar-refractivity contribution < 1.29 is 9.18 Å². The lowest BCUT2D eigenvalue weighted by Crippen LogP contribution is -2.08. The number of rotatable bonds is 4. The molecule has 0 unspecified atom stereocenters. The van der Waals surface area contributed by atoms with E-state index >= 15 is 0 Å². The second kappa shape index (κ2) is 4.11. The average molecular weight is 207 g/mol. The van der Waals surface area contributed by atoms with Crippen LogP contribution in [0.1, 0.15) is 41.1 Å². The zero-order chi connectivity index (χ0) is 10.8. The van der Waals surface area contributed by atoms with Crippen molar-refractivity contribution in [3.8, 4) is 0 Å². The molecule has 0 bridgehead atoms. The summed E-state index contributed by atoms with van der Waals surface area (Å²) in [6.07, 6.45) is 2.41. The second-order valence-corrected chi connectivity index (χ2v) is 3.97. The van der Waals surface area contributed by atoms with Crippen LogP contribution in [0, 0.1) is 5.82 Å². The van der Waals surface area contributed by atoms with Gasteiger partial charge in [-0.1, -0.05) is 12.1 Å². The third-order valence-corrected chi connectivity index (χ3v) is 2.71. The molecule has 1 aliphatic carbocycles. The van der Waals surface area contributed by atoms with Crippen LogP contribution in [0.3, 0.4) is 0 Å². The Morgan fingerprint density at radius 1 is 1.47 bits per heavy atom. The molecule has 2 nitrogen and oxygen atoms in total. The highest BCUT2D eigenvalue weighted by atomic mass is 19.1. The minimum Gasteiger partial charge on any atom is -0.330 e. The van der Waals surface area contributed by atoms with Crippen molar-refractivity contribution in [3.05, 3.63) is 35.1 Å². The van der Waals surface area contributed by atoms with Crippen LogP contribution >= 0.6 is 0 Å². The van der Waals surface area contributed by atoms with Crippen LogP contribution in [0.15, 0.2) is 18.2 Å². The molecular weight excluding hydrogens is 193 g/mol. The van der Waals surface area contributed by atoms with Gasteiger partial charge < -0.3 is 5.73 Å².